The minimum absolute atomic E-state index is 0.102. The van der Waals surface area contributed by atoms with Crippen molar-refractivity contribution in [2.75, 3.05) is 23.8 Å². The molecule has 0 aromatic heterocycles. The first-order valence-corrected chi connectivity index (χ1v) is 10.5. The molecule has 2 aliphatic heterocycles. The van der Waals surface area contributed by atoms with Crippen LogP contribution >= 0.6 is 11.8 Å². The molecule has 2 aliphatic rings. The Kier molecular flexibility index (Phi) is 4.50. The molecule has 6 heteroatoms. The number of benzene rings is 1. The highest BCUT2D eigenvalue weighted by Gasteiger charge is 2.36. The lowest BCUT2D eigenvalue weighted by molar-refractivity contribution is 0.366. The average molecular weight is 338 g/mol. The summed E-state index contributed by atoms with van der Waals surface area (Å²) in [5, 5.41) is 0.982. The number of rotatable bonds is 3. The van der Waals surface area contributed by atoms with Crippen molar-refractivity contribution in [3.05, 3.63) is 29.8 Å². The minimum Gasteiger partial charge on any atom is -0.346 e. The Hall–Kier alpha value is -1.01. The molecule has 1 atom stereocenters. The first kappa shape index (κ1) is 15.9. The van der Waals surface area contributed by atoms with Crippen LogP contribution in [0.4, 0.5) is 5.69 Å². The van der Waals surface area contributed by atoms with Crippen molar-refractivity contribution in [2.45, 2.75) is 32.2 Å². The smallest absolute Gasteiger partial charge is 0.164 e. The lowest BCUT2D eigenvalue weighted by atomic mass is 10.0. The molecule has 4 nitrogen and oxygen atoms in total. The van der Waals surface area contributed by atoms with E-state index < -0.39 is 9.84 Å². The standard InChI is InChI=1S/C16H22N2O2S2/c1-12(2)14-5-3-4-6-15(14)17-16-18(8-9-21-16)13-7-10-22(19,20)11-13/h3-6,12-13H,7-11H2,1-2H3/t13-/m1/s1. The lowest BCUT2D eigenvalue weighted by Gasteiger charge is -2.24. The van der Waals surface area contributed by atoms with Gasteiger partial charge in [-0.05, 0) is 24.0 Å². The van der Waals surface area contributed by atoms with Crippen LogP contribution in [0.15, 0.2) is 29.3 Å². The summed E-state index contributed by atoms with van der Waals surface area (Å²) < 4.78 is 23.5. The number of para-hydroxylation sites is 1. The van der Waals surface area contributed by atoms with Crippen LogP contribution in [-0.4, -0.2) is 48.3 Å². The van der Waals surface area contributed by atoms with Crippen LogP contribution in [0.25, 0.3) is 0 Å². The quantitative estimate of drug-likeness (QED) is 0.850. The van der Waals surface area contributed by atoms with Gasteiger partial charge >= 0.3 is 0 Å². The van der Waals surface area contributed by atoms with Gasteiger partial charge in [0.15, 0.2) is 15.0 Å². The van der Waals surface area contributed by atoms with Gasteiger partial charge in [-0.15, -0.1) is 0 Å². The van der Waals surface area contributed by atoms with Gasteiger partial charge in [-0.1, -0.05) is 43.8 Å². The van der Waals surface area contributed by atoms with Gasteiger partial charge in [-0.25, -0.2) is 13.4 Å². The van der Waals surface area contributed by atoms with E-state index in [0.29, 0.717) is 11.7 Å². The van der Waals surface area contributed by atoms with Crippen molar-refractivity contribution in [2.24, 2.45) is 4.99 Å². The highest BCUT2D eigenvalue weighted by Crippen LogP contribution is 2.32. The Morgan fingerprint density at radius 2 is 2.09 bits per heavy atom. The second-order valence-electron chi connectivity index (χ2n) is 6.21. The maximum atomic E-state index is 11.7. The highest BCUT2D eigenvalue weighted by molar-refractivity contribution is 8.14. The molecule has 1 aromatic rings. The maximum absolute atomic E-state index is 11.7. The fourth-order valence-corrected chi connectivity index (χ4v) is 5.82. The Morgan fingerprint density at radius 1 is 1.32 bits per heavy atom. The van der Waals surface area contributed by atoms with Gasteiger partial charge in [0.25, 0.3) is 0 Å². The Balaban J connectivity index is 1.87. The average Bonchev–Trinajstić information content (AvgIpc) is 3.05. The zero-order valence-corrected chi connectivity index (χ0v) is 14.7. The van der Waals surface area contributed by atoms with Crippen molar-refractivity contribution >= 4 is 32.5 Å². The number of thioether (sulfide) groups is 1. The van der Waals surface area contributed by atoms with E-state index in [1.807, 2.05) is 18.2 Å². The molecule has 0 N–H and O–H groups in total. The summed E-state index contributed by atoms with van der Waals surface area (Å²) in [5.74, 6) is 2.00. The number of hydrogen-bond donors (Lipinski definition) is 0. The monoisotopic (exact) mass is 338 g/mol. The third kappa shape index (κ3) is 3.33. The maximum Gasteiger partial charge on any atom is 0.164 e. The number of aliphatic imine (C=N–C) groups is 1. The molecule has 22 heavy (non-hydrogen) atoms. The number of nitrogens with zero attached hydrogens (tertiary/aromatic N) is 2. The number of sulfone groups is 1. The molecule has 3 rings (SSSR count). The van der Waals surface area contributed by atoms with Gasteiger partial charge in [0.2, 0.25) is 0 Å². The van der Waals surface area contributed by atoms with E-state index in [1.165, 1.54) is 5.56 Å². The summed E-state index contributed by atoms with van der Waals surface area (Å²) in [7, 11) is -2.86. The molecule has 0 bridgehead atoms. The second-order valence-corrected chi connectivity index (χ2v) is 9.50. The van der Waals surface area contributed by atoms with E-state index in [1.54, 1.807) is 11.8 Å². The molecular weight excluding hydrogens is 316 g/mol. The lowest BCUT2D eigenvalue weighted by Crippen LogP contribution is -2.36. The van der Waals surface area contributed by atoms with Crippen molar-refractivity contribution in [3.63, 3.8) is 0 Å². The highest BCUT2D eigenvalue weighted by atomic mass is 32.2. The predicted octanol–water partition coefficient (Wildman–Crippen LogP) is 3.03. The van der Waals surface area contributed by atoms with Gasteiger partial charge in [0, 0.05) is 18.3 Å². The molecule has 0 amide bonds. The summed E-state index contributed by atoms with van der Waals surface area (Å²) in [6, 6.07) is 8.32. The molecule has 2 heterocycles. The summed E-state index contributed by atoms with van der Waals surface area (Å²) >= 11 is 1.73. The van der Waals surface area contributed by atoms with Gasteiger partial charge < -0.3 is 4.90 Å². The van der Waals surface area contributed by atoms with Crippen molar-refractivity contribution in [3.8, 4) is 0 Å². The van der Waals surface area contributed by atoms with Crippen LogP contribution in [0.3, 0.4) is 0 Å². The summed E-state index contributed by atoms with van der Waals surface area (Å²) in [6.07, 6.45) is 0.730. The van der Waals surface area contributed by atoms with Crippen LogP contribution in [0.2, 0.25) is 0 Å². The first-order valence-electron chi connectivity index (χ1n) is 7.74. The van der Waals surface area contributed by atoms with E-state index in [9.17, 15) is 8.42 Å². The van der Waals surface area contributed by atoms with E-state index in [2.05, 4.69) is 24.8 Å². The molecule has 1 aromatic carbocycles. The Morgan fingerprint density at radius 3 is 2.77 bits per heavy atom. The van der Waals surface area contributed by atoms with E-state index >= 15 is 0 Å². The molecular formula is C16H22N2O2S2. The van der Waals surface area contributed by atoms with E-state index in [-0.39, 0.29) is 11.8 Å². The molecule has 0 saturated carbocycles. The van der Waals surface area contributed by atoms with Crippen molar-refractivity contribution < 1.29 is 8.42 Å². The zero-order valence-electron chi connectivity index (χ0n) is 13.0. The van der Waals surface area contributed by atoms with E-state index in [0.717, 1.165) is 29.6 Å². The molecule has 0 unspecified atom stereocenters. The van der Waals surface area contributed by atoms with E-state index in [4.69, 9.17) is 4.99 Å². The topological polar surface area (TPSA) is 49.7 Å². The van der Waals surface area contributed by atoms with Crippen LogP contribution < -0.4 is 0 Å². The summed E-state index contributed by atoms with van der Waals surface area (Å²) in [5.41, 5.74) is 2.24. The number of hydrogen-bond acceptors (Lipinski definition) is 4. The molecule has 0 aliphatic carbocycles. The van der Waals surface area contributed by atoms with Gasteiger partial charge in [-0.2, -0.15) is 0 Å². The fourth-order valence-electron chi connectivity index (χ4n) is 3.05. The molecule has 2 saturated heterocycles. The molecule has 0 radical (unpaired) electrons. The zero-order chi connectivity index (χ0) is 15.7. The predicted molar refractivity (Wildman–Crippen MR) is 93.8 cm³/mol. The first-order chi connectivity index (χ1) is 10.5. The summed E-state index contributed by atoms with van der Waals surface area (Å²) in [6.45, 7) is 5.23. The fraction of sp³-hybridized carbons (Fsp3) is 0.562. The largest absolute Gasteiger partial charge is 0.346 e. The van der Waals surface area contributed by atoms with Gasteiger partial charge in [-0.3, -0.25) is 0 Å². The Labute approximate surface area is 136 Å². The third-order valence-corrected chi connectivity index (χ3v) is 6.95. The second kappa shape index (κ2) is 6.24. The number of amidine groups is 1. The van der Waals surface area contributed by atoms with Crippen LogP contribution in [0, 0.1) is 0 Å². The van der Waals surface area contributed by atoms with Gasteiger partial charge in [0.1, 0.15) is 0 Å². The molecule has 2 fully saturated rings. The van der Waals surface area contributed by atoms with Gasteiger partial charge in [0.05, 0.1) is 17.2 Å². The molecule has 0 spiro atoms. The third-order valence-electron chi connectivity index (χ3n) is 4.23. The normalized spacial score (nSPS) is 26.2. The van der Waals surface area contributed by atoms with Crippen LogP contribution in [0.1, 0.15) is 31.7 Å². The van der Waals surface area contributed by atoms with Crippen LogP contribution in [0.5, 0.6) is 0 Å². The SMILES string of the molecule is CC(C)c1ccccc1N=C1SCCN1[C@@H]1CCS(=O)(=O)C1. The molecule has 120 valence electrons. The van der Waals surface area contributed by atoms with Crippen LogP contribution in [-0.2, 0) is 9.84 Å². The minimum atomic E-state index is -2.86. The van der Waals surface area contributed by atoms with Crippen molar-refractivity contribution in [1.82, 2.24) is 4.90 Å². The Bertz CT molecular complexity index is 683. The van der Waals surface area contributed by atoms with Crippen molar-refractivity contribution in [1.29, 1.82) is 0 Å². The summed E-state index contributed by atoms with van der Waals surface area (Å²) in [4.78, 5) is 7.06.